The molecule has 1 aromatic heterocycles. The van der Waals surface area contributed by atoms with Crippen LogP contribution in [0.2, 0.25) is 0 Å². The Morgan fingerprint density at radius 3 is 2.71 bits per heavy atom. The number of rotatable bonds is 4. The van der Waals surface area contributed by atoms with Gasteiger partial charge >= 0.3 is 5.97 Å². The minimum Gasteiger partial charge on any atom is -0.497 e. The molecule has 1 aliphatic rings. The second-order valence-corrected chi connectivity index (χ2v) is 5.97. The zero-order chi connectivity index (χ0) is 19.5. The number of ketones is 1. The zero-order valence-electron chi connectivity index (χ0n) is 14.9. The number of pyridine rings is 1. The van der Waals surface area contributed by atoms with Crippen molar-refractivity contribution in [1.82, 2.24) is 4.98 Å². The molecule has 2 heterocycles. The van der Waals surface area contributed by atoms with Crippen LogP contribution in [-0.2, 0) is 0 Å². The van der Waals surface area contributed by atoms with E-state index in [1.165, 1.54) is 13.2 Å². The molecular weight excluding hydrogens is 358 g/mol. The Kier molecular flexibility index (Phi) is 4.60. The average Bonchev–Trinajstić information content (AvgIpc) is 3.03. The van der Waals surface area contributed by atoms with Crippen molar-refractivity contribution in [2.45, 2.75) is 0 Å². The Bertz CT molecular complexity index is 1090. The standard InChI is InChI=1S/C22H15NO5/c1-26-16-7-4-5-14(11-16)22(25)27-17-8-9-18-19(13-17)28-20(21(18)24)12-15-6-2-3-10-23-15/h2-13H,1H3/b20-12-. The summed E-state index contributed by atoms with van der Waals surface area (Å²) in [7, 11) is 1.52. The number of esters is 1. The van der Waals surface area contributed by atoms with Crippen molar-refractivity contribution < 1.29 is 23.8 Å². The molecule has 1 aliphatic heterocycles. The van der Waals surface area contributed by atoms with Crippen molar-refractivity contribution in [2.24, 2.45) is 0 Å². The van der Waals surface area contributed by atoms with Crippen LogP contribution in [0.3, 0.4) is 0 Å². The molecule has 0 N–H and O–H groups in total. The van der Waals surface area contributed by atoms with Crippen molar-refractivity contribution >= 4 is 17.8 Å². The van der Waals surface area contributed by atoms with Gasteiger partial charge in [-0.15, -0.1) is 0 Å². The van der Waals surface area contributed by atoms with E-state index in [2.05, 4.69) is 4.98 Å². The van der Waals surface area contributed by atoms with E-state index >= 15 is 0 Å². The summed E-state index contributed by atoms with van der Waals surface area (Å²) in [5.74, 6) is 0.562. The maximum Gasteiger partial charge on any atom is 0.343 e. The topological polar surface area (TPSA) is 74.7 Å². The van der Waals surface area contributed by atoms with E-state index in [1.54, 1.807) is 60.8 Å². The Balaban J connectivity index is 1.54. The molecule has 0 bridgehead atoms. The Morgan fingerprint density at radius 1 is 1.04 bits per heavy atom. The van der Waals surface area contributed by atoms with Gasteiger partial charge in [0.15, 0.2) is 5.76 Å². The molecule has 0 aliphatic carbocycles. The third-order valence-corrected chi connectivity index (χ3v) is 4.12. The summed E-state index contributed by atoms with van der Waals surface area (Å²) in [6.45, 7) is 0. The summed E-state index contributed by atoms with van der Waals surface area (Å²) in [5, 5.41) is 0. The normalized spacial score (nSPS) is 13.8. The molecule has 0 saturated carbocycles. The Morgan fingerprint density at radius 2 is 1.93 bits per heavy atom. The number of fused-ring (bicyclic) bond motifs is 1. The first-order valence-corrected chi connectivity index (χ1v) is 8.49. The van der Waals surface area contributed by atoms with E-state index in [0.717, 1.165) is 0 Å². The molecule has 0 saturated heterocycles. The van der Waals surface area contributed by atoms with Gasteiger partial charge in [0.1, 0.15) is 17.2 Å². The molecule has 6 nitrogen and oxygen atoms in total. The number of ether oxygens (including phenoxy) is 3. The fraction of sp³-hybridized carbons (Fsp3) is 0.0455. The van der Waals surface area contributed by atoms with E-state index < -0.39 is 5.97 Å². The second-order valence-electron chi connectivity index (χ2n) is 5.97. The highest BCUT2D eigenvalue weighted by Crippen LogP contribution is 2.35. The molecule has 0 atom stereocenters. The van der Waals surface area contributed by atoms with Gasteiger partial charge in [0.2, 0.25) is 5.78 Å². The molecule has 2 aromatic carbocycles. The van der Waals surface area contributed by atoms with Crippen LogP contribution < -0.4 is 14.2 Å². The van der Waals surface area contributed by atoms with E-state index in [9.17, 15) is 9.59 Å². The van der Waals surface area contributed by atoms with Crippen molar-refractivity contribution in [3.63, 3.8) is 0 Å². The predicted molar refractivity (Wildman–Crippen MR) is 102 cm³/mol. The maximum absolute atomic E-state index is 12.5. The van der Waals surface area contributed by atoms with Gasteiger partial charge in [0, 0.05) is 18.3 Å². The lowest BCUT2D eigenvalue weighted by Gasteiger charge is -2.07. The summed E-state index contributed by atoms with van der Waals surface area (Å²) in [4.78, 5) is 29.0. The van der Waals surface area contributed by atoms with E-state index in [1.807, 2.05) is 6.07 Å². The van der Waals surface area contributed by atoms with Crippen LogP contribution in [0.4, 0.5) is 0 Å². The molecule has 0 spiro atoms. The van der Waals surface area contributed by atoms with Crippen LogP contribution in [0, 0.1) is 0 Å². The van der Waals surface area contributed by atoms with Crippen molar-refractivity contribution in [3.8, 4) is 17.2 Å². The third-order valence-electron chi connectivity index (χ3n) is 4.12. The number of methoxy groups -OCH3 is 1. The van der Waals surface area contributed by atoms with Gasteiger partial charge in [0.05, 0.1) is 23.9 Å². The predicted octanol–water partition coefficient (Wildman–Crippen LogP) is 3.93. The largest absolute Gasteiger partial charge is 0.497 e. The van der Waals surface area contributed by atoms with Gasteiger partial charge in [0.25, 0.3) is 0 Å². The van der Waals surface area contributed by atoms with E-state index in [0.29, 0.717) is 28.3 Å². The summed E-state index contributed by atoms with van der Waals surface area (Å²) >= 11 is 0. The average molecular weight is 373 g/mol. The van der Waals surface area contributed by atoms with Crippen LogP contribution in [0.15, 0.2) is 72.6 Å². The number of benzene rings is 2. The van der Waals surface area contributed by atoms with Crippen LogP contribution in [0.5, 0.6) is 17.2 Å². The Hall–Kier alpha value is -3.93. The lowest BCUT2D eigenvalue weighted by molar-refractivity contribution is 0.0734. The molecule has 0 radical (unpaired) electrons. The van der Waals surface area contributed by atoms with Crippen LogP contribution in [0.25, 0.3) is 6.08 Å². The first-order chi connectivity index (χ1) is 13.6. The molecule has 0 fully saturated rings. The van der Waals surface area contributed by atoms with Crippen LogP contribution >= 0.6 is 0 Å². The molecule has 6 heteroatoms. The zero-order valence-corrected chi connectivity index (χ0v) is 14.9. The van der Waals surface area contributed by atoms with E-state index in [-0.39, 0.29) is 17.3 Å². The number of allylic oxidation sites excluding steroid dienone is 1. The first kappa shape index (κ1) is 17.5. The van der Waals surface area contributed by atoms with Gasteiger partial charge in [-0.05, 0) is 42.5 Å². The lowest BCUT2D eigenvalue weighted by atomic mass is 10.1. The van der Waals surface area contributed by atoms with Gasteiger partial charge in [-0.2, -0.15) is 0 Å². The maximum atomic E-state index is 12.5. The minimum absolute atomic E-state index is 0.171. The monoisotopic (exact) mass is 373 g/mol. The smallest absolute Gasteiger partial charge is 0.343 e. The molecule has 3 aromatic rings. The Labute approximate surface area is 161 Å². The number of nitrogens with zero attached hydrogens (tertiary/aromatic N) is 1. The highest BCUT2D eigenvalue weighted by atomic mass is 16.5. The fourth-order valence-corrected chi connectivity index (χ4v) is 2.74. The third kappa shape index (κ3) is 3.48. The molecule has 138 valence electrons. The summed E-state index contributed by atoms with van der Waals surface area (Å²) in [5.41, 5.74) is 1.37. The second kappa shape index (κ2) is 7.36. The molecule has 0 unspecified atom stereocenters. The molecule has 4 rings (SSSR count). The summed E-state index contributed by atoms with van der Waals surface area (Å²) in [6.07, 6.45) is 3.21. The van der Waals surface area contributed by atoms with E-state index in [4.69, 9.17) is 14.2 Å². The molecule has 28 heavy (non-hydrogen) atoms. The SMILES string of the molecule is COc1cccc(C(=O)Oc2ccc3c(c2)O/C(=C\c2ccccn2)C3=O)c1. The highest BCUT2D eigenvalue weighted by Gasteiger charge is 2.28. The van der Waals surface area contributed by atoms with Gasteiger partial charge < -0.3 is 14.2 Å². The number of Topliss-reactive ketones (excluding diaryl/α,β-unsaturated/α-hetero) is 1. The lowest BCUT2D eigenvalue weighted by Crippen LogP contribution is -2.08. The minimum atomic E-state index is -0.535. The number of carbonyl (C=O) groups is 2. The van der Waals surface area contributed by atoms with Gasteiger partial charge in [-0.1, -0.05) is 12.1 Å². The first-order valence-electron chi connectivity index (χ1n) is 8.49. The molecular formula is C22H15NO5. The number of hydrogen-bond donors (Lipinski definition) is 0. The quantitative estimate of drug-likeness (QED) is 0.392. The highest BCUT2D eigenvalue weighted by molar-refractivity contribution is 6.14. The number of carbonyl (C=O) groups excluding carboxylic acids is 2. The van der Waals surface area contributed by atoms with Crippen LogP contribution in [0.1, 0.15) is 26.4 Å². The van der Waals surface area contributed by atoms with Crippen molar-refractivity contribution in [3.05, 3.63) is 89.4 Å². The van der Waals surface area contributed by atoms with Gasteiger partial charge in [-0.3, -0.25) is 9.78 Å². The van der Waals surface area contributed by atoms with Crippen molar-refractivity contribution in [1.29, 1.82) is 0 Å². The number of hydrogen-bond acceptors (Lipinski definition) is 6. The summed E-state index contributed by atoms with van der Waals surface area (Å²) in [6, 6.07) is 16.7. The van der Waals surface area contributed by atoms with Gasteiger partial charge in [-0.25, -0.2) is 4.79 Å². The number of aromatic nitrogens is 1. The fourth-order valence-electron chi connectivity index (χ4n) is 2.74. The van der Waals surface area contributed by atoms with Crippen LogP contribution in [-0.4, -0.2) is 23.8 Å². The molecule has 0 amide bonds. The van der Waals surface area contributed by atoms with Crippen molar-refractivity contribution in [2.75, 3.05) is 7.11 Å². The summed E-state index contributed by atoms with van der Waals surface area (Å²) < 4.78 is 16.2.